The van der Waals surface area contributed by atoms with Crippen LogP contribution in [-0.2, 0) is 24.6 Å². The number of imidazole rings is 1. The van der Waals surface area contributed by atoms with Crippen LogP contribution in [0.5, 0.6) is 0 Å². The van der Waals surface area contributed by atoms with E-state index in [1.165, 1.54) is 42.2 Å². The predicted octanol–water partition coefficient (Wildman–Crippen LogP) is 1.70. The van der Waals surface area contributed by atoms with Crippen LogP contribution in [0.1, 0.15) is 33.6 Å². The molecule has 0 unspecified atom stereocenters. The zero-order valence-corrected chi connectivity index (χ0v) is 26.5. The normalized spacial score (nSPS) is 23.9. The van der Waals surface area contributed by atoms with Gasteiger partial charge in [-0.05, 0) is 25.1 Å². The highest BCUT2D eigenvalue weighted by Gasteiger charge is 2.78. The number of aromatic nitrogens is 4. The van der Waals surface area contributed by atoms with E-state index in [1.807, 2.05) is 0 Å². The van der Waals surface area contributed by atoms with Crippen molar-refractivity contribution in [1.29, 1.82) is 0 Å². The number of hydrogen-bond acceptors (Lipinski definition) is 8. The van der Waals surface area contributed by atoms with Gasteiger partial charge in [-0.3, -0.25) is 19.1 Å². The van der Waals surface area contributed by atoms with E-state index in [9.17, 15) is 27.6 Å². The number of fused-ring (bicyclic) bond motifs is 1. The van der Waals surface area contributed by atoms with Crippen LogP contribution in [0.3, 0.4) is 0 Å². The Morgan fingerprint density at radius 2 is 1.77 bits per heavy atom. The topological polar surface area (TPSA) is 169 Å². The fourth-order valence-electron chi connectivity index (χ4n) is 6.58. The molecular formula is C30H34ClF3N10O3. The molecule has 0 bridgehead atoms. The monoisotopic (exact) mass is 674 g/mol. The van der Waals surface area contributed by atoms with Gasteiger partial charge < -0.3 is 36.5 Å². The van der Waals surface area contributed by atoms with Gasteiger partial charge in [0.15, 0.2) is 11.5 Å². The molecule has 3 aromatic rings. The number of nitrogens with one attached hydrogen (secondary N) is 2. The Kier molecular flexibility index (Phi) is 7.97. The van der Waals surface area contributed by atoms with E-state index < -0.39 is 34.8 Å². The van der Waals surface area contributed by atoms with Gasteiger partial charge in [-0.1, -0.05) is 23.8 Å². The summed E-state index contributed by atoms with van der Waals surface area (Å²) in [5, 5.41) is 9.52. The summed E-state index contributed by atoms with van der Waals surface area (Å²) in [6, 6.07) is 4.37. The molecule has 3 fully saturated rings. The number of benzene rings is 1. The van der Waals surface area contributed by atoms with Gasteiger partial charge in [-0.2, -0.15) is 18.3 Å². The summed E-state index contributed by atoms with van der Waals surface area (Å²) in [6.07, 6.45) is -2.33. The third kappa shape index (κ3) is 5.58. The van der Waals surface area contributed by atoms with Crippen LogP contribution in [-0.4, -0.2) is 97.2 Å². The first kappa shape index (κ1) is 32.7. The van der Waals surface area contributed by atoms with Gasteiger partial charge in [-0.25, -0.2) is 4.98 Å². The van der Waals surface area contributed by atoms with Crippen molar-refractivity contribution in [2.75, 3.05) is 44.6 Å². The summed E-state index contributed by atoms with van der Waals surface area (Å²) < 4.78 is 43.7. The molecule has 0 spiro atoms. The van der Waals surface area contributed by atoms with Crippen molar-refractivity contribution in [3.8, 4) is 11.3 Å². The Hall–Kier alpha value is -4.25. The summed E-state index contributed by atoms with van der Waals surface area (Å²) in [5.41, 5.74) is 11.0. The molecule has 2 aliphatic heterocycles. The molecule has 1 aliphatic carbocycles. The number of hydrogen-bond donors (Lipinski definition) is 4. The minimum atomic E-state index is -4.74. The van der Waals surface area contributed by atoms with Crippen LogP contribution >= 0.6 is 11.6 Å². The third-order valence-corrected chi connectivity index (χ3v) is 9.47. The number of alkyl halides is 3. The number of anilines is 1. The second kappa shape index (κ2) is 11.5. The van der Waals surface area contributed by atoms with Crippen molar-refractivity contribution in [1.82, 2.24) is 34.4 Å². The average molecular weight is 675 g/mol. The third-order valence-electron chi connectivity index (χ3n) is 9.16. The number of piperidine rings is 1. The fraction of sp³-hybridized carbons (Fsp3) is 0.433. The van der Waals surface area contributed by atoms with E-state index in [1.54, 1.807) is 16.7 Å². The van der Waals surface area contributed by atoms with Crippen LogP contribution in [0.15, 0.2) is 42.7 Å². The van der Waals surface area contributed by atoms with Crippen molar-refractivity contribution in [2.45, 2.75) is 30.7 Å². The second-order valence-electron chi connectivity index (χ2n) is 12.5. The molecule has 1 aromatic carbocycles. The van der Waals surface area contributed by atoms with Crippen molar-refractivity contribution in [3.63, 3.8) is 0 Å². The van der Waals surface area contributed by atoms with Gasteiger partial charge in [0.25, 0.3) is 11.8 Å². The minimum Gasteiger partial charge on any atom is -0.339 e. The Bertz CT molecular complexity index is 1780. The van der Waals surface area contributed by atoms with Gasteiger partial charge in [0.2, 0.25) is 5.91 Å². The zero-order valence-electron chi connectivity index (χ0n) is 25.7. The molecule has 2 aromatic heterocycles. The standard InChI is InChI=1S/C30H34ClF3N10O3/c1-16(2)12-44-13-19(23(40-44)30(32,33)34)21-11-38-24(41(21)3)25(45)39-17-4-5-18(20(31)10-17)26(46)42-6-8-43(9-7-42)27(47)22-28(35)14-37-15-29(22,28)36/h4-5,10-11,13,22,37H,1,6-9,12,14-15,35-36H2,2-3H3,(H,39,45)/t22-,28+,29-. The number of nitrogens with zero attached hydrogens (tertiary/aromatic N) is 6. The molecule has 6 N–H and O–H groups in total. The summed E-state index contributed by atoms with van der Waals surface area (Å²) >= 11 is 6.46. The predicted molar refractivity (Wildman–Crippen MR) is 166 cm³/mol. The Balaban J connectivity index is 1.10. The maximum Gasteiger partial charge on any atom is 0.435 e. The maximum absolute atomic E-state index is 13.8. The van der Waals surface area contributed by atoms with E-state index in [2.05, 4.69) is 27.3 Å². The molecule has 6 rings (SSSR count). The molecule has 0 radical (unpaired) electrons. The highest BCUT2D eigenvalue weighted by Crippen LogP contribution is 2.53. The number of carbonyl (C=O) groups is 3. The van der Waals surface area contributed by atoms with Crippen LogP contribution in [0.25, 0.3) is 11.3 Å². The van der Waals surface area contributed by atoms with E-state index in [0.717, 1.165) is 4.68 Å². The largest absolute Gasteiger partial charge is 0.435 e. The van der Waals surface area contributed by atoms with Gasteiger partial charge in [0.1, 0.15) is 0 Å². The molecule has 250 valence electrons. The molecule has 47 heavy (non-hydrogen) atoms. The molecule has 13 nitrogen and oxygen atoms in total. The maximum atomic E-state index is 13.8. The number of carbonyl (C=O) groups excluding carboxylic acids is 3. The molecule has 17 heteroatoms. The number of halogens is 4. The number of rotatable bonds is 7. The first-order valence-electron chi connectivity index (χ1n) is 14.8. The van der Waals surface area contributed by atoms with Crippen molar-refractivity contribution < 1.29 is 27.6 Å². The van der Waals surface area contributed by atoms with Crippen molar-refractivity contribution in [3.05, 3.63) is 64.8 Å². The van der Waals surface area contributed by atoms with Crippen LogP contribution in [0.2, 0.25) is 5.02 Å². The Morgan fingerprint density at radius 3 is 2.36 bits per heavy atom. The molecule has 1 saturated carbocycles. The first-order chi connectivity index (χ1) is 22.0. The summed E-state index contributed by atoms with van der Waals surface area (Å²) in [4.78, 5) is 46.9. The number of piperazine rings is 1. The quantitative estimate of drug-likeness (QED) is 0.275. The fourth-order valence-corrected chi connectivity index (χ4v) is 6.84. The van der Waals surface area contributed by atoms with E-state index in [4.69, 9.17) is 23.1 Å². The van der Waals surface area contributed by atoms with Gasteiger partial charge in [0, 0.05) is 58.2 Å². The highest BCUT2D eigenvalue weighted by molar-refractivity contribution is 6.34. The zero-order chi connectivity index (χ0) is 34.1. The van der Waals surface area contributed by atoms with E-state index >= 15 is 0 Å². The molecular weight excluding hydrogens is 641 g/mol. The van der Waals surface area contributed by atoms with Crippen LogP contribution < -0.4 is 22.1 Å². The van der Waals surface area contributed by atoms with Gasteiger partial charge in [-0.15, -0.1) is 0 Å². The summed E-state index contributed by atoms with van der Waals surface area (Å²) in [7, 11) is 1.42. The SMILES string of the molecule is C=C(C)Cn1cc(-c2cnc(C(=O)Nc3ccc(C(=O)N4CCN(C(=O)[C@H]5[C@]6(N)CNC[C@]56N)CC4)c(Cl)c3)n2C)c(C(F)(F)F)n1. The first-order valence-corrected chi connectivity index (χ1v) is 15.2. The Labute approximate surface area is 272 Å². The highest BCUT2D eigenvalue weighted by atomic mass is 35.5. The molecule has 3 atom stereocenters. The molecule has 3 amide bonds. The summed E-state index contributed by atoms with van der Waals surface area (Å²) in [5.74, 6) is -1.74. The van der Waals surface area contributed by atoms with Crippen molar-refractivity contribution in [2.24, 2.45) is 24.4 Å². The van der Waals surface area contributed by atoms with Gasteiger partial charge >= 0.3 is 6.18 Å². The molecule has 3 aliphatic rings. The molecule has 4 heterocycles. The number of nitrogens with two attached hydrogens (primary N) is 2. The van der Waals surface area contributed by atoms with E-state index in [-0.39, 0.29) is 51.7 Å². The Morgan fingerprint density at radius 1 is 1.13 bits per heavy atom. The smallest absolute Gasteiger partial charge is 0.339 e. The lowest BCUT2D eigenvalue weighted by atomic mass is 10.1. The number of allylic oxidation sites excluding steroid dienone is 1. The lowest BCUT2D eigenvalue weighted by Crippen LogP contribution is -2.52. The van der Waals surface area contributed by atoms with Gasteiger partial charge in [0.05, 0.1) is 51.6 Å². The van der Waals surface area contributed by atoms with Crippen LogP contribution in [0.4, 0.5) is 18.9 Å². The second-order valence-corrected chi connectivity index (χ2v) is 12.9. The number of amides is 3. The molecule has 2 saturated heterocycles. The van der Waals surface area contributed by atoms with E-state index in [0.29, 0.717) is 44.8 Å². The summed E-state index contributed by atoms with van der Waals surface area (Å²) in [6.45, 7) is 7.70. The average Bonchev–Trinajstić information content (AvgIpc) is 3.45. The lowest BCUT2D eigenvalue weighted by Gasteiger charge is -2.35. The minimum absolute atomic E-state index is 0.0401. The van der Waals surface area contributed by atoms with Crippen LogP contribution in [0, 0.1) is 5.92 Å². The lowest BCUT2D eigenvalue weighted by molar-refractivity contribution is -0.141. The van der Waals surface area contributed by atoms with Crippen molar-refractivity contribution >= 4 is 35.0 Å².